The number of carboxylic acids is 2. The summed E-state index contributed by atoms with van der Waals surface area (Å²) in [6.45, 7) is 0. The fraction of sp³-hybridized carbons (Fsp3) is 0.185. The van der Waals surface area contributed by atoms with Crippen molar-refractivity contribution in [3.05, 3.63) is 64.3 Å². The van der Waals surface area contributed by atoms with Crippen LogP contribution in [0.2, 0.25) is 0 Å². The van der Waals surface area contributed by atoms with Crippen LogP contribution in [0.4, 0.5) is 16.8 Å². The number of oxime groups is 1. The summed E-state index contributed by atoms with van der Waals surface area (Å²) in [5, 5.41) is 46.2. The molecule has 0 spiro atoms. The monoisotopic (exact) mass is 715 g/mol. The Kier molecular flexibility index (Phi) is 9.91. The Morgan fingerprint density at radius 3 is 2.48 bits per heavy atom. The molecule has 1 fully saturated rings. The van der Waals surface area contributed by atoms with E-state index >= 15 is 0 Å². The van der Waals surface area contributed by atoms with Gasteiger partial charge in [0, 0.05) is 28.5 Å². The summed E-state index contributed by atoms with van der Waals surface area (Å²) < 4.78 is 0. The number of β-lactam (4-membered cyclic amide) rings is 1. The highest BCUT2D eigenvalue weighted by atomic mass is 32.2. The molecule has 0 aliphatic carbocycles. The lowest BCUT2D eigenvalue weighted by molar-refractivity contribution is -0.151. The lowest BCUT2D eigenvalue weighted by Gasteiger charge is -2.49. The zero-order chi connectivity index (χ0) is 34.7. The molecule has 11 N–H and O–H groups in total. The lowest BCUT2D eigenvalue weighted by atomic mass is 10.0. The molecule has 0 unspecified atom stereocenters. The molecule has 1 saturated heterocycles. The summed E-state index contributed by atoms with van der Waals surface area (Å²) in [7, 11) is 0. The number of thiazole rings is 1. The number of phenolic OH excluding ortho intramolecular Hbond substituents is 2. The van der Waals surface area contributed by atoms with E-state index in [4.69, 9.17) is 22.0 Å². The van der Waals surface area contributed by atoms with Crippen molar-refractivity contribution in [1.29, 1.82) is 0 Å². The van der Waals surface area contributed by atoms with Crippen LogP contribution in [-0.2, 0) is 24.0 Å². The summed E-state index contributed by atoms with van der Waals surface area (Å²) in [5.74, 6) is -4.72. The minimum Gasteiger partial charge on any atom is -0.504 e. The molecule has 3 aromatic rings. The third-order valence-electron chi connectivity index (χ3n) is 6.62. The van der Waals surface area contributed by atoms with Crippen molar-refractivity contribution in [3.8, 4) is 11.5 Å². The highest BCUT2D eigenvalue weighted by Gasteiger charge is 2.54. The smallest absolute Gasteiger partial charge is 0.352 e. The van der Waals surface area contributed by atoms with Crippen molar-refractivity contribution in [2.45, 2.75) is 22.7 Å². The predicted octanol–water partition coefficient (Wildman–Crippen LogP) is 0.725. The van der Waals surface area contributed by atoms with E-state index in [0.717, 1.165) is 28.4 Å². The van der Waals surface area contributed by atoms with Gasteiger partial charge in [-0.15, -0.1) is 23.1 Å². The van der Waals surface area contributed by atoms with Gasteiger partial charge < -0.3 is 47.8 Å². The van der Waals surface area contributed by atoms with Gasteiger partial charge in [0.25, 0.3) is 11.8 Å². The van der Waals surface area contributed by atoms with E-state index in [1.807, 2.05) is 0 Å². The fourth-order valence-corrected chi connectivity index (χ4v) is 7.03. The summed E-state index contributed by atoms with van der Waals surface area (Å²) in [5.41, 5.74) is 16.5. The SMILES string of the molecule is Nc1cc(N)nc(SC/C=C/C2=C(C(=O)O)N3C(=O)[C@@H](NC(=O)/C(=N/O[C@@H](C(=O)O)c4ccc(O)c(O)c4)c4csc(N)n4)[C@H]3SC2)n1. The Morgan fingerprint density at radius 2 is 1.85 bits per heavy atom. The fourth-order valence-electron chi connectivity index (χ4n) is 4.48. The predicted molar refractivity (Wildman–Crippen MR) is 175 cm³/mol. The summed E-state index contributed by atoms with van der Waals surface area (Å²) in [4.78, 5) is 69.3. The standard InChI is InChI=1S/C27H25N9O9S3/c28-15-7-16(29)33-27(32-15)46-5-1-2-11-8-47-23-18(22(40)36(23)19(11)24(41)42)34-21(39)17(12-9-48-26(30)31-12)35-45-20(25(43)44)10-3-4-13(37)14(38)6-10/h1-4,6-7,9,18,20,23,37-38H,5,8H2,(H2,30,31)(H,34,39)(H,41,42)(H,43,44)(H4,28,29,32,33)/b2-1+,35-17+/t18-,20-,23-/m1/s1. The number of benzene rings is 1. The molecule has 5 rings (SSSR count). The number of rotatable bonds is 12. The summed E-state index contributed by atoms with van der Waals surface area (Å²) >= 11 is 3.39. The van der Waals surface area contributed by atoms with Gasteiger partial charge >= 0.3 is 11.9 Å². The molecule has 250 valence electrons. The summed E-state index contributed by atoms with van der Waals surface area (Å²) in [6.07, 6.45) is 1.44. The third-order valence-corrected chi connectivity index (χ3v) is 9.39. The quantitative estimate of drug-likeness (QED) is 0.0320. The van der Waals surface area contributed by atoms with Crippen LogP contribution in [0.5, 0.6) is 11.5 Å². The van der Waals surface area contributed by atoms with E-state index in [0.29, 0.717) is 16.5 Å². The number of nitrogen functional groups attached to an aromatic ring is 3. The van der Waals surface area contributed by atoms with Gasteiger partial charge in [0.2, 0.25) is 6.10 Å². The molecule has 0 radical (unpaired) electrons. The number of thioether (sulfide) groups is 2. The molecule has 48 heavy (non-hydrogen) atoms. The van der Waals surface area contributed by atoms with Crippen molar-refractivity contribution in [2.24, 2.45) is 5.16 Å². The topological polar surface area (TPSA) is 303 Å². The molecule has 2 aliphatic rings. The Balaban J connectivity index is 1.32. The molecule has 2 amide bonds. The highest BCUT2D eigenvalue weighted by molar-refractivity contribution is 8.00. The number of phenols is 2. The number of carboxylic acid groups (broad SMARTS) is 2. The molecule has 3 atom stereocenters. The second-order valence-corrected chi connectivity index (χ2v) is 12.8. The maximum absolute atomic E-state index is 13.4. The van der Waals surface area contributed by atoms with Crippen molar-refractivity contribution in [3.63, 3.8) is 0 Å². The number of aromatic hydroxyl groups is 2. The number of nitrogens with two attached hydrogens (primary N) is 3. The van der Waals surface area contributed by atoms with E-state index in [1.165, 1.54) is 41.0 Å². The Labute approximate surface area is 282 Å². The van der Waals surface area contributed by atoms with Gasteiger partial charge in [-0.05, 0) is 17.7 Å². The molecule has 0 bridgehead atoms. The van der Waals surface area contributed by atoms with E-state index in [2.05, 4.69) is 25.4 Å². The molecular formula is C27H25N9O9S3. The Hall–Kier alpha value is -5.54. The number of fused-ring (bicyclic) bond motifs is 1. The second kappa shape index (κ2) is 14.1. The third kappa shape index (κ3) is 7.21. The number of nitrogens with zero attached hydrogens (tertiary/aromatic N) is 5. The van der Waals surface area contributed by atoms with E-state index < -0.39 is 58.5 Å². The van der Waals surface area contributed by atoms with E-state index in [1.54, 1.807) is 12.2 Å². The first kappa shape index (κ1) is 33.8. The lowest BCUT2D eigenvalue weighted by Crippen LogP contribution is -2.71. The van der Waals surface area contributed by atoms with Gasteiger partial charge in [0.15, 0.2) is 27.5 Å². The number of anilines is 3. The number of carbonyl (C=O) groups excluding carboxylic acids is 2. The minimum atomic E-state index is -1.82. The van der Waals surface area contributed by atoms with Crippen LogP contribution >= 0.6 is 34.9 Å². The maximum atomic E-state index is 13.4. The van der Waals surface area contributed by atoms with Gasteiger partial charge in [0.05, 0.1) is 0 Å². The second-order valence-electron chi connectivity index (χ2n) is 9.84. The van der Waals surface area contributed by atoms with Crippen molar-refractivity contribution in [1.82, 2.24) is 25.2 Å². The molecule has 4 heterocycles. The summed E-state index contributed by atoms with van der Waals surface area (Å²) in [6, 6.07) is 3.41. The molecule has 1 aromatic carbocycles. The van der Waals surface area contributed by atoms with Crippen molar-refractivity contribution < 1.29 is 44.4 Å². The van der Waals surface area contributed by atoms with E-state index in [9.17, 15) is 39.6 Å². The molecular weight excluding hydrogens is 691 g/mol. The molecule has 2 aromatic heterocycles. The number of carbonyl (C=O) groups is 4. The zero-order valence-electron chi connectivity index (χ0n) is 24.2. The molecule has 18 nitrogen and oxygen atoms in total. The van der Waals surface area contributed by atoms with E-state index in [-0.39, 0.29) is 39.5 Å². The van der Waals surface area contributed by atoms with Crippen LogP contribution < -0.4 is 22.5 Å². The number of aromatic nitrogens is 3. The molecule has 2 aliphatic heterocycles. The van der Waals surface area contributed by atoms with Crippen LogP contribution in [0.1, 0.15) is 17.4 Å². The largest absolute Gasteiger partial charge is 0.504 e. The Bertz CT molecular complexity index is 1880. The average molecular weight is 716 g/mol. The van der Waals surface area contributed by atoms with Gasteiger partial charge in [-0.3, -0.25) is 14.5 Å². The van der Waals surface area contributed by atoms with Crippen LogP contribution in [0, 0.1) is 0 Å². The van der Waals surface area contributed by atoms with Gasteiger partial charge in [-0.1, -0.05) is 35.1 Å². The van der Waals surface area contributed by atoms with Crippen LogP contribution in [0.25, 0.3) is 0 Å². The van der Waals surface area contributed by atoms with Gasteiger partial charge in [-0.2, -0.15) is 0 Å². The number of aliphatic carboxylic acids is 2. The molecule has 0 saturated carbocycles. The maximum Gasteiger partial charge on any atom is 0.352 e. The zero-order valence-corrected chi connectivity index (χ0v) is 26.7. The van der Waals surface area contributed by atoms with Crippen molar-refractivity contribution in [2.75, 3.05) is 28.7 Å². The number of amides is 2. The van der Waals surface area contributed by atoms with Crippen LogP contribution in [-0.4, -0.2) is 92.7 Å². The minimum absolute atomic E-state index is 0.0530. The first-order valence-electron chi connectivity index (χ1n) is 13.4. The normalized spacial score (nSPS) is 18.3. The number of allylic oxidation sites excluding steroid dienone is 1. The van der Waals surface area contributed by atoms with Crippen LogP contribution in [0.15, 0.2) is 63.4 Å². The van der Waals surface area contributed by atoms with Gasteiger partial charge in [-0.25, -0.2) is 24.5 Å². The average Bonchev–Trinajstić information content (AvgIpc) is 3.45. The first-order valence-corrected chi connectivity index (χ1v) is 16.4. The van der Waals surface area contributed by atoms with Crippen molar-refractivity contribution >= 4 is 81.1 Å². The number of hydrogen-bond donors (Lipinski definition) is 8. The van der Waals surface area contributed by atoms with Gasteiger partial charge in [0.1, 0.15) is 34.4 Å². The highest BCUT2D eigenvalue weighted by Crippen LogP contribution is 2.41. The Morgan fingerprint density at radius 1 is 1.12 bits per heavy atom. The number of hydrogen-bond acceptors (Lipinski definition) is 17. The van der Waals surface area contributed by atoms with Crippen LogP contribution in [0.3, 0.4) is 0 Å². The molecule has 21 heteroatoms. The number of nitrogens with one attached hydrogen (secondary N) is 1. The first-order chi connectivity index (χ1) is 22.8.